The van der Waals surface area contributed by atoms with E-state index in [4.69, 9.17) is 0 Å². The zero-order valence-corrected chi connectivity index (χ0v) is 17.4. The molecule has 0 atom stereocenters. The lowest BCUT2D eigenvalue weighted by atomic mass is 10.1. The predicted octanol–water partition coefficient (Wildman–Crippen LogP) is 4.37. The van der Waals surface area contributed by atoms with E-state index in [2.05, 4.69) is 28.9 Å². The summed E-state index contributed by atoms with van der Waals surface area (Å²) in [5.41, 5.74) is 3.31. The van der Waals surface area contributed by atoms with Gasteiger partial charge in [0.1, 0.15) is 0 Å². The monoisotopic (exact) mass is 407 g/mol. The number of urea groups is 1. The summed E-state index contributed by atoms with van der Waals surface area (Å²) in [5, 5.41) is 6.33. The second-order valence-electron chi connectivity index (χ2n) is 7.51. The number of hydrogen-bond acceptors (Lipinski definition) is 3. The third kappa shape index (κ3) is 4.59. The second-order valence-corrected chi connectivity index (χ2v) is 8.42. The lowest BCUT2D eigenvalue weighted by molar-refractivity contribution is -0.128. The van der Waals surface area contributed by atoms with E-state index < -0.39 is 0 Å². The molecule has 4 rings (SSSR count). The molecule has 3 amide bonds. The summed E-state index contributed by atoms with van der Waals surface area (Å²) in [6, 6.07) is 16.3. The molecule has 150 valence electrons. The molecule has 2 heterocycles. The fourth-order valence-corrected chi connectivity index (χ4v) is 4.68. The largest absolute Gasteiger partial charge is 0.338 e. The van der Waals surface area contributed by atoms with Crippen LogP contribution in [-0.4, -0.2) is 35.3 Å². The Morgan fingerprint density at radius 2 is 2.00 bits per heavy atom. The van der Waals surface area contributed by atoms with Crippen molar-refractivity contribution in [1.29, 1.82) is 0 Å². The van der Waals surface area contributed by atoms with E-state index in [1.54, 1.807) is 16.2 Å². The number of carbonyl (C=O) groups excluding carboxylic acids is 2. The fraction of sp³-hybridized carbons (Fsp3) is 0.304. The molecule has 0 bridgehead atoms. The second kappa shape index (κ2) is 8.66. The van der Waals surface area contributed by atoms with Gasteiger partial charge < -0.3 is 15.1 Å². The minimum absolute atomic E-state index is 0.0968. The van der Waals surface area contributed by atoms with Crippen molar-refractivity contribution >= 4 is 33.4 Å². The van der Waals surface area contributed by atoms with Crippen LogP contribution in [0.1, 0.15) is 29.5 Å². The van der Waals surface area contributed by atoms with Crippen molar-refractivity contribution in [2.45, 2.75) is 32.5 Å². The third-order valence-electron chi connectivity index (χ3n) is 5.30. The topological polar surface area (TPSA) is 52.7 Å². The lowest BCUT2D eigenvalue weighted by Gasteiger charge is -2.18. The van der Waals surface area contributed by atoms with Crippen molar-refractivity contribution in [1.82, 2.24) is 15.1 Å². The van der Waals surface area contributed by atoms with Gasteiger partial charge in [-0.05, 0) is 39.9 Å². The van der Waals surface area contributed by atoms with Gasteiger partial charge in [-0.2, -0.15) is 0 Å². The molecule has 0 aliphatic carbocycles. The lowest BCUT2D eigenvalue weighted by Crippen LogP contribution is -2.36. The van der Waals surface area contributed by atoms with Crippen molar-refractivity contribution in [2.24, 2.45) is 0 Å². The highest BCUT2D eigenvalue weighted by Gasteiger charge is 2.20. The molecule has 1 saturated heterocycles. The van der Waals surface area contributed by atoms with Gasteiger partial charge in [0.15, 0.2) is 0 Å². The first-order valence-corrected chi connectivity index (χ1v) is 10.8. The average Bonchev–Trinajstić information content (AvgIpc) is 3.33. The first-order valence-electron chi connectivity index (χ1n) is 9.90. The smallest absolute Gasteiger partial charge is 0.317 e. The van der Waals surface area contributed by atoms with Gasteiger partial charge in [0.25, 0.3) is 0 Å². The van der Waals surface area contributed by atoms with E-state index >= 15 is 0 Å². The Hall–Kier alpha value is -2.86. The van der Waals surface area contributed by atoms with Crippen molar-refractivity contribution in [3.8, 4) is 0 Å². The van der Waals surface area contributed by atoms with Gasteiger partial charge in [0, 0.05) is 44.3 Å². The van der Waals surface area contributed by atoms with Crippen molar-refractivity contribution in [2.75, 3.05) is 13.6 Å². The Morgan fingerprint density at radius 3 is 2.83 bits per heavy atom. The van der Waals surface area contributed by atoms with Crippen LogP contribution in [0.25, 0.3) is 10.1 Å². The molecule has 0 spiro atoms. The average molecular weight is 408 g/mol. The maximum absolute atomic E-state index is 12.6. The van der Waals surface area contributed by atoms with Crippen LogP contribution in [0, 0.1) is 0 Å². The summed E-state index contributed by atoms with van der Waals surface area (Å²) in [6.45, 7) is 2.52. The number of nitrogens with one attached hydrogen (secondary N) is 1. The summed E-state index contributed by atoms with van der Waals surface area (Å²) < 4.78 is 1.24. The van der Waals surface area contributed by atoms with E-state index in [-0.39, 0.29) is 11.9 Å². The molecule has 0 unspecified atom stereocenters. The van der Waals surface area contributed by atoms with Crippen LogP contribution in [0.3, 0.4) is 0 Å². The van der Waals surface area contributed by atoms with E-state index in [1.807, 2.05) is 42.3 Å². The highest BCUT2D eigenvalue weighted by Crippen LogP contribution is 2.26. The van der Waals surface area contributed by atoms with Crippen LogP contribution in [0.2, 0.25) is 0 Å². The van der Waals surface area contributed by atoms with Gasteiger partial charge in [0.05, 0.1) is 0 Å². The molecule has 1 fully saturated rings. The molecule has 1 aliphatic heterocycles. The zero-order chi connectivity index (χ0) is 20.2. The maximum atomic E-state index is 12.6. The van der Waals surface area contributed by atoms with Gasteiger partial charge in [-0.3, -0.25) is 4.79 Å². The Kier molecular flexibility index (Phi) is 5.81. The number of likely N-dealkylation sites (tertiary alicyclic amines) is 1. The summed E-state index contributed by atoms with van der Waals surface area (Å²) in [5.74, 6) is 0.228. The Balaban J connectivity index is 1.33. The fourth-order valence-electron chi connectivity index (χ4n) is 3.72. The van der Waals surface area contributed by atoms with Crippen molar-refractivity contribution in [3.05, 3.63) is 70.6 Å². The summed E-state index contributed by atoms with van der Waals surface area (Å²) in [4.78, 5) is 28.0. The quantitative estimate of drug-likeness (QED) is 0.660. The zero-order valence-electron chi connectivity index (χ0n) is 16.6. The molecule has 0 saturated carbocycles. The summed E-state index contributed by atoms with van der Waals surface area (Å²) in [6.07, 6.45) is 1.60. The van der Waals surface area contributed by atoms with Crippen LogP contribution in [0.4, 0.5) is 4.79 Å². The summed E-state index contributed by atoms with van der Waals surface area (Å²) in [7, 11) is 1.82. The van der Waals surface area contributed by atoms with Gasteiger partial charge >= 0.3 is 6.03 Å². The maximum Gasteiger partial charge on any atom is 0.317 e. The molecule has 6 heteroatoms. The normalized spacial score (nSPS) is 13.8. The molecule has 3 aromatic rings. The first-order chi connectivity index (χ1) is 14.1. The number of rotatable bonds is 6. The van der Waals surface area contributed by atoms with Crippen LogP contribution in [0.5, 0.6) is 0 Å². The van der Waals surface area contributed by atoms with Gasteiger partial charge in [-0.25, -0.2) is 4.79 Å². The third-order valence-corrected chi connectivity index (χ3v) is 6.31. The van der Waals surface area contributed by atoms with Crippen LogP contribution in [-0.2, 0) is 24.4 Å². The molecule has 1 aromatic heterocycles. The van der Waals surface area contributed by atoms with Gasteiger partial charge in [0.2, 0.25) is 5.91 Å². The van der Waals surface area contributed by atoms with Crippen LogP contribution >= 0.6 is 11.3 Å². The van der Waals surface area contributed by atoms with Gasteiger partial charge in [-0.1, -0.05) is 42.5 Å². The highest BCUT2D eigenvalue weighted by molar-refractivity contribution is 7.17. The Bertz CT molecular complexity index is 1030. The highest BCUT2D eigenvalue weighted by atomic mass is 32.1. The number of amides is 3. The number of carbonyl (C=O) groups is 2. The Labute approximate surface area is 174 Å². The minimum Gasteiger partial charge on any atom is -0.338 e. The van der Waals surface area contributed by atoms with Crippen LogP contribution < -0.4 is 5.32 Å². The number of hydrogen-bond donors (Lipinski definition) is 1. The molecule has 29 heavy (non-hydrogen) atoms. The standard InChI is InChI=1S/C23H25N3O2S/c1-25(15-19-16-29-21-9-3-2-8-20(19)21)23(28)24-13-17-6-4-7-18(12-17)14-26-11-5-10-22(26)27/h2-4,6-9,12,16H,5,10-11,13-15H2,1H3,(H,24,28). The van der Waals surface area contributed by atoms with E-state index in [0.717, 1.165) is 24.1 Å². The number of fused-ring (bicyclic) bond motifs is 1. The Morgan fingerprint density at radius 1 is 1.17 bits per heavy atom. The molecular weight excluding hydrogens is 382 g/mol. The van der Waals surface area contributed by atoms with Crippen LogP contribution in [0.15, 0.2) is 53.9 Å². The van der Waals surface area contributed by atoms with E-state index in [1.165, 1.54) is 15.6 Å². The van der Waals surface area contributed by atoms with E-state index in [0.29, 0.717) is 26.1 Å². The molecule has 0 radical (unpaired) electrons. The molecule has 1 aliphatic rings. The minimum atomic E-state index is -0.0968. The molecular formula is C23H25N3O2S. The SMILES string of the molecule is CN(Cc1csc2ccccc12)C(=O)NCc1cccc(CN2CCCC2=O)c1. The number of thiophene rings is 1. The first kappa shape index (κ1) is 19.5. The predicted molar refractivity (Wildman–Crippen MR) is 117 cm³/mol. The number of benzene rings is 2. The number of nitrogens with zero attached hydrogens (tertiary/aromatic N) is 2. The summed E-state index contributed by atoms with van der Waals surface area (Å²) >= 11 is 1.71. The molecule has 1 N–H and O–H groups in total. The van der Waals surface area contributed by atoms with E-state index in [9.17, 15) is 9.59 Å². The molecule has 5 nitrogen and oxygen atoms in total. The van der Waals surface area contributed by atoms with Crippen molar-refractivity contribution in [3.63, 3.8) is 0 Å². The molecule has 2 aromatic carbocycles. The van der Waals surface area contributed by atoms with Gasteiger partial charge in [-0.15, -0.1) is 11.3 Å². The van der Waals surface area contributed by atoms with Crippen molar-refractivity contribution < 1.29 is 9.59 Å².